The van der Waals surface area contributed by atoms with Gasteiger partial charge in [-0.2, -0.15) is 0 Å². The molecule has 164 valence electrons. The number of para-hydroxylation sites is 1. The Hall–Kier alpha value is -2.65. The number of aromatic nitrogens is 3. The van der Waals surface area contributed by atoms with Gasteiger partial charge in [-0.3, -0.25) is 4.57 Å². The van der Waals surface area contributed by atoms with Gasteiger partial charge in [-0.1, -0.05) is 23.7 Å². The smallest absolute Gasteiger partial charge is 0.167 e. The van der Waals surface area contributed by atoms with Crippen LogP contribution in [0.5, 0.6) is 11.5 Å². The van der Waals surface area contributed by atoms with Crippen molar-refractivity contribution < 1.29 is 24.1 Å². The fourth-order valence-corrected chi connectivity index (χ4v) is 4.12. The van der Waals surface area contributed by atoms with Crippen molar-refractivity contribution in [2.45, 2.75) is 25.2 Å². The van der Waals surface area contributed by atoms with Crippen LogP contribution < -0.4 is 9.47 Å². The van der Waals surface area contributed by atoms with Crippen molar-refractivity contribution >= 4 is 11.6 Å². The molecule has 0 saturated carbocycles. The Morgan fingerprint density at radius 1 is 1.10 bits per heavy atom. The molecule has 0 spiro atoms. The maximum absolute atomic E-state index is 9.72. The normalized spacial score (nSPS) is 17.6. The molecule has 2 heterocycles. The number of methoxy groups -OCH3 is 3. The van der Waals surface area contributed by atoms with Gasteiger partial charge in [0.2, 0.25) is 0 Å². The number of benzene rings is 2. The lowest BCUT2D eigenvalue weighted by molar-refractivity contribution is -0.00989. The van der Waals surface area contributed by atoms with E-state index in [2.05, 4.69) is 10.2 Å². The van der Waals surface area contributed by atoms with E-state index >= 15 is 0 Å². The maximum atomic E-state index is 9.72. The van der Waals surface area contributed by atoms with E-state index in [1.54, 1.807) is 21.3 Å². The van der Waals surface area contributed by atoms with E-state index in [0.717, 1.165) is 16.8 Å². The number of fused-ring (bicyclic) bond motifs is 3. The highest BCUT2D eigenvalue weighted by atomic mass is 35.5. The van der Waals surface area contributed by atoms with Gasteiger partial charge in [-0.25, -0.2) is 0 Å². The molecular weight excluding hydrogens is 422 g/mol. The third-order valence-electron chi connectivity index (χ3n) is 5.24. The molecule has 4 rings (SSSR count). The number of rotatable bonds is 7. The van der Waals surface area contributed by atoms with Gasteiger partial charge in [0.05, 0.1) is 19.9 Å². The molecule has 8 nitrogen and oxygen atoms in total. The quantitative estimate of drug-likeness (QED) is 0.594. The van der Waals surface area contributed by atoms with Crippen LogP contribution >= 0.6 is 11.6 Å². The fourth-order valence-electron chi connectivity index (χ4n) is 3.94. The van der Waals surface area contributed by atoms with Crippen LogP contribution in [0.1, 0.15) is 41.4 Å². The summed E-state index contributed by atoms with van der Waals surface area (Å²) in [5.41, 5.74) is 2.42. The molecule has 0 fully saturated rings. The van der Waals surface area contributed by atoms with Gasteiger partial charge in [0.1, 0.15) is 18.8 Å². The van der Waals surface area contributed by atoms with Crippen molar-refractivity contribution in [1.29, 1.82) is 0 Å². The van der Waals surface area contributed by atoms with Crippen molar-refractivity contribution in [3.8, 4) is 17.2 Å². The van der Waals surface area contributed by atoms with Gasteiger partial charge in [0.15, 0.2) is 23.1 Å². The summed E-state index contributed by atoms with van der Waals surface area (Å²) in [5, 5.41) is 18.9. The maximum Gasteiger partial charge on any atom is 0.167 e. The Bertz CT molecular complexity index is 1070. The van der Waals surface area contributed by atoms with E-state index in [4.69, 9.17) is 30.5 Å². The molecule has 0 amide bonds. The van der Waals surface area contributed by atoms with Crippen LogP contribution in [-0.2, 0) is 16.1 Å². The number of ether oxygens (including phenoxy) is 4. The summed E-state index contributed by atoms with van der Waals surface area (Å²) in [7, 11) is 4.79. The SMILES string of the molecule is COCc1nnc2n1-c1ccc(Cl)cc1[C@@H](c1cccc(OC)c1OC)OC2CCO. The molecule has 9 heteroatoms. The second-order valence-electron chi connectivity index (χ2n) is 7.05. The third kappa shape index (κ3) is 3.87. The van der Waals surface area contributed by atoms with Crippen molar-refractivity contribution in [3.63, 3.8) is 0 Å². The lowest BCUT2D eigenvalue weighted by Gasteiger charge is -2.24. The molecule has 3 aromatic rings. The molecule has 1 aromatic heterocycles. The summed E-state index contributed by atoms with van der Waals surface area (Å²) in [6.45, 7) is 0.199. The number of nitrogens with zero attached hydrogens (tertiary/aromatic N) is 3. The third-order valence-corrected chi connectivity index (χ3v) is 5.47. The summed E-state index contributed by atoms with van der Waals surface area (Å²) in [6.07, 6.45) is -0.724. The van der Waals surface area contributed by atoms with E-state index in [9.17, 15) is 5.11 Å². The standard InChI is InChI=1S/C22H24ClN3O5/c1-28-12-19-24-25-22-18(9-10-27)31-20(14-5-4-6-17(29-2)21(14)30-3)15-11-13(23)7-8-16(15)26(19)22/h4-8,11,18,20,27H,9-10,12H2,1-3H3/t18?,20-/m1/s1. The number of hydrogen-bond acceptors (Lipinski definition) is 7. The molecule has 2 aromatic carbocycles. The minimum Gasteiger partial charge on any atom is -0.493 e. The molecule has 1 aliphatic rings. The van der Waals surface area contributed by atoms with E-state index in [1.807, 2.05) is 41.0 Å². The summed E-state index contributed by atoms with van der Waals surface area (Å²) in [4.78, 5) is 0. The van der Waals surface area contributed by atoms with Gasteiger partial charge in [0.25, 0.3) is 0 Å². The van der Waals surface area contributed by atoms with Crippen LogP contribution in [-0.4, -0.2) is 47.8 Å². The average Bonchev–Trinajstić information content (AvgIpc) is 3.14. The van der Waals surface area contributed by atoms with Crippen LogP contribution in [0.15, 0.2) is 36.4 Å². The molecule has 0 bridgehead atoms. The van der Waals surface area contributed by atoms with Crippen molar-refractivity contribution in [1.82, 2.24) is 14.8 Å². The molecule has 2 atom stereocenters. The molecule has 0 radical (unpaired) electrons. The molecule has 1 N–H and O–H groups in total. The fraction of sp³-hybridized carbons (Fsp3) is 0.364. The number of aliphatic hydroxyl groups excluding tert-OH is 1. The van der Waals surface area contributed by atoms with Gasteiger partial charge < -0.3 is 24.1 Å². The molecule has 0 saturated heterocycles. The van der Waals surface area contributed by atoms with Gasteiger partial charge in [-0.15, -0.1) is 10.2 Å². The molecule has 31 heavy (non-hydrogen) atoms. The van der Waals surface area contributed by atoms with Crippen LogP contribution in [0.25, 0.3) is 5.69 Å². The number of aliphatic hydroxyl groups is 1. The Labute approximate surface area is 185 Å². The highest BCUT2D eigenvalue weighted by Crippen LogP contribution is 2.46. The highest BCUT2D eigenvalue weighted by molar-refractivity contribution is 6.30. The van der Waals surface area contributed by atoms with E-state index in [-0.39, 0.29) is 13.2 Å². The summed E-state index contributed by atoms with van der Waals surface area (Å²) in [5.74, 6) is 2.38. The predicted molar refractivity (Wildman–Crippen MR) is 114 cm³/mol. The van der Waals surface area contributed by atoms with Gasteiger partial charge in [0, 0.05) is 36.3 Å². The molecule has 1 unspecified atom stereocenters. The van der Waals surface area contributed by atoms with Crippen LogP contribution in [0.4, 0.5) is 0 Å². The zero-order chi connectivity index (χ0) is 22.0. The van der Waals surface area contributed by atoms with E-state index in [0.29, 0.717) is 34.6 Å². The Morgan fingerprint density at radius 3 is 2.65 bits per heavy atom. The number of halogens is 1. The monoisotopic (exact) mass is 445 g/mol. The van der Waals surface area contributed by atoms with Gasteiger partial charge in [-0.05, 0) is 24.3 Å². The lowest BCUT2D eigenvalue weighted by Crippen LogP contribution is -2.14. The zero-order valence-electron chi connectivity index (χ0n) is 17.5. The van der Waals surface area contributed by atoms with E-state index < -0.39 is 12.2 Å². The first-order valence-electron chi connectivity index (χ1n) is 9.83. The first kappa shape index (κ1) is 21.6. The second kappa shape index (κ2) is 9.23. The highest BCUT2D eigenvalue weighted by Gasteiger charge is 2.35. The minimum absolute atomic E-state index is 0.0732. The topological polar surface area (TPSA) is 87.9 Å². The van der Waals surface area contributed by atoms with Gasteiger partial charge >= 0.3 is 0 Å². The van der Waals surface area contributed by atoms with Crippen molar-refractivity contribution in [3.05, 3.63) is 64.2 Å². The van der Waals surface area contributed by atoms with Crippen LogP contribution in [0.2, 0.25) is 5.02 Å². The van der Waals surface area contributed by atoms with Crippen LogP contribution in [0, 0.1) is 0 Å². The second-order valence-corrected chi connectivity index (χ2v) is 7.48. The molecule has 0 aliphatic carbocycles. The first-order chi connectivity index (χ1) is 15.1. The summed E-state index contributed by atoms with van der Waals surface area (Å²) in [6, 6.07) is 11.2. The Balaban J connectivity index is 1.98. The Kier molecular flexibility index (Phi) is 6.43. The first-order valence-corrected chi connectivity index (χ1v) is 10.2. The minimum atomic E-state index is -0.549. The summed E-state index contributed by atoms with van der Waals surface area (Å²) >= 11 is 6.40. The zero-order valence-corrected chi connectivity index (χ0v) is 18.3. The van der Waals surface area contributed by atoms with Crippen LogP contribution in [0.3, 0.4) is 0 Å². The number of hydrogen-bond donors (Lipinski definition) is 1. The molecular formula is C22H24ClN3O5. The predicted octanol–water partition coefficient (Wildman–Crippen LogP) is 3.63. The summed E-state index contributed by atoms with van der Waals surface area (Å²) < 4.78 is 25.0. The van der Waals surface area contributed by atoms with Crippen molar-refractivity contribution in [2.75, 3.05) is 27.9 Å². The Morgan fingerprint density at radius 2 is 1.94 bits per heavy atom. The lowest BCUT2D eigenvalue weighted by atomic mass is 9.98. The molecule has 1 aliphatic heterocycles. The largest absolute Gasteiger partial charge is 0.493 e. The average molecular weight is 446 g/mol. The van der Waals surface area contributed by atoms with E-state index in [1.165, 1.54) is 0 Å². The van der Waals surface area contributed by atoms with Crippen molar-refractivity contribution in [2.24, 2.45) is 0 Å².